The Morgan fingerprint density at radius 3 is 2.69 bits per heavy atom. The van der Waals surface area contributed by atoms with Crippen molar-refractivity contribution in [3.05, 3.63) is 57.3 Å². The second kappa shape index (κ2) is 8.70. The van der Waals surface area contributed by atoms with Gasteiger partial charge >= 0.3 is 0 Å². The maximum atomic E-state index is 13.5. The van der Waals surface area contributed by atoms with Crippen LogP contribution in [0.5, 0.6) is 0 Å². The van der Waals surface area contributed by atoms with Crippen molar-refractivity contribution in [3.8, 4) is 0 Å². The lowest BCUT2D eigenvalue weighted by molar-refractivity contribution is -0.142. The molecule has 154 valence electrons. The van der Waals surface area contributed by atoms with Gasteiger partial charge in [0.05, 0.1) is 12.6 Å². The molecule has 2 amide bonds. The molecule has 1 aliphatic carbocycles. The molecule has 4 rings (SSSR count). The predicted molar refractivity (Wildman–Crippen MR) is 117 cm³/mol. The van der Waals surface area contributed by atoms with Gasteiger partial charge in [-0.3, -0.25) is 9.59 Å². The van der Waals surface area contributed by atoms with E-state index in [4.69, 9.17) is 0 Å². The van der Waals surface area contributed by atoms with Crippen molar-refractivity contribution in [3.63, 3.8) is 0 Å². The van der Waals surface area contributed by atoms with Crippen LogP contribution in [-0.4, -0.2) is 41.2 Å². The first-order valence-electron chi connectivity index (χ1n) is 10.8. The topological polar surface area (TPSA) is 40.6 Å². The minimum absolute atomic E-state index is 0.0530. The third kappa shape index (κ3) is 4.40. The maximum Gasteiger partial charge on any atom is 0.242 e. The fraction of sp³-hybridized carbons (Fsp3) is 0.500. The van der Waals surface area contributed by atoms with E-state index in [2.05, 4.69) is 36.6 Å². The fourth-order valence-electron chi connectivity index (χ4n) is 4.31. The average molecular weight is 411 g/mol. The molecule has 2 aliphatic rings. The van der Waals surface area contributed by atoms with E-state index in [1.165, 1.54) is 34.4 Å². The molecule has 1 aliphatic heterocycles. The Morgan fingerprint density at radius 1 is 1.17 bits per heavy atom. The van der Waals surface area contributed by atoms with Gasteiger partial charge in [0.2, 0.25) is 11.8 Å². The number of hydrogen-bond donors (Lipinski definition) is 0. The minimum Gasteiger partial charge on any atom is -0.333 e. The Balaban J connectivity index is 1.60. The highest BCUT2D eigenvalue weighted by Gasteiger charge is 2.35. The number of amides is 2. The van der Waals surface area contributed by atoms with Crippen LogP contribution in [0.1, 0.15) is 60.2 Å². The monoisotopic (exact) mass is 410 g/mol. The highest BCUT2D eigenvalue weighted by atomic mass is 32.1. The SMILES string of the molecule is CCCC(=O)N(CC(=O)N1CCc2sccc2[C@H]1c1ccccc1C)CC1CC1. The molecule has 1 aromatic carbocycles. The van der Waals surface area contributed by atoms with Crippen LogP contribution in [0.15, 0.2) is 35.7 Å². The highest BCUT2D eigenvalue weighted by Crippen LogP contribution is 2.39. The smallest absolute Gasteiger partial charge is 0.242 e. The lowest BCUT2D eigenvalue weighted by Crippen LogP contribution is -2.47. The Hall–Kier alpha value is -2.14. The van der Waals surface area contributed by atoms with E-state index in [-0.39, 0.29) is 24.4 Å². The van der Waals surface area contributed by atoms with Gasteiger partial charge in [0.1, 0.15) is 0 Å². The largest absolute Gasteiger partial charge is 0.333 e. The molecule has 1 saturated carbocycles. The normalized spacial score (nSPS) is 18.4. The summed E-state index contributed by atoms with van der Waals surface area (Å²) < 4.78 is 0. The third-order valence-electron chi connectivity index (χ3n) is 6.09. The summed E-state index contributed by atoms with van der Waals surface area (Å²) in [6.45, 7) is 5.79. The van der Waals surface area contributed by atoms with Gasteiger partial charge in [0, 0.05) is 24.4 Å². The van der Waals surface area contributed by atoms with E-state index in [9.17, 15) is 9.59 Å². The van der Waals surface area contributed by atoms with E-state index in [0.29, 0.717) is 18.9 Å². The summed E-state index contributed by atoms with van der Waals surface area (Å²) in [6.07, 6.45) is 4.60. The Bertz CT molecular complexity index is 887. The maximum absolute atomic E-state index is 13.5. The van der Waals surface area contributed by atoms with Crippen LogP contribution in [0, 0.1) is 12.8 Å². The average Bonchev–Trinajstić information content (AvgIpc) is 3.40. The van der Waals surface area contributed by atoms with Gasteiger partial charge in [0.25, 0.3) is 0 Å². The summed E-state index contributed by atoms with van der Waals surface area (Å²) in [4.78, 5) is 31.3. The zero-order valence-corrected chi connectivity index (χ0v) is 18.2. The molecule has 0 radical (unpaired) electrons. The van der Waals surface area contributed by atoms with Crippen molar-refractivity contribution >= 4 is 23.2 Å². The molecule has 0 bridgehead atoms. The van der Waals surface area contributed by atoms with Crippen molar-refractivity contribution in [2.75, 3.05) is 19.6 Å². The second-order valence-electron chi connectivity index (χ2n) is 8.36. The Morgan fingerprint density at radius 2 is 1.97 bits per heavy atom. The van der Waals surface area contributed by atoms with Crippen LogP contribution in [0.25, 0.3) is 0 Å². The van der Waals surface area contributed by atoms with Crippen LogP contribution in [-0.2, 0) is 16.0 Å². The van der Waals surface area contributed by atoms with Crippen molar-refractivity contribution in [1.82, 2.24) is 9.80 Å². The van der Waals surface area contributed by atoms with E-state index < -0.39 is 0 Å². The molecule has 29 heavy (non-hydrogen) atoms. The molecular weight excluding hydrogens is 380 g/mol. The molecule has 1 atom stereocenters. The zero-order chi connectivity index (χ0) is 20.4. The van der Waals surface area contributed by atoms with Gasteiger partial charge in [-0.2, -0.15) is 0 Å². The van der Waals surface area contributed by atoms with Gasteiger partial charge in [0.15, 0.2) is 0 Å². The molecule has 0 unspecified atom stereocenters. The molecule has 1 fully saturated rings. The molecule has 2 heterocycles. The van der Waals surface area contributed by atoms with Crippen molar-refractivity contribution in [2.45, 2.75) is 52.0 Å². The van der Waals surface area contributed by atoms with Gasteiger partial charge in [-0.25, -0.2) is 0 Å². The molecule has 1 aromatic heterocycles. The standard InChI is InChI=1S/C24H30N2O2S/c1-3-6-22(27)25(15-18-9-10-18)16-23(28)26-13-11-21-20(12-14-29-21)24(26)19-8-5-4-7-17(19)2/h4-5,7-8,12,14,18,24H,3,6,9-11,13,15-16H2,1-2H3/t24-/m1/s1. The Kier molecular flexibility index (Phi) is 6.04. The van der Waals surface area contributed by atoms with Crippen LogP contribution in [0.4, 0.5) is 0 Å². The summed E-state index contributed by atoms with van der Waals surface area (Å²) >= 11 is 1.78. The number of nitrogens with zero attached hydrogens (tertiary/aromatic N) is 2. The van der Waals surface area contributed by atoms with Crippen LogP contribution in [0.2, 0.25) is 0 Å². The molecule has 2 aromatic rings. The molecule has 4 nitrogen and oxygen atoms in total. The third-order valence-corrected chi connectivity index (χ3v) is 7.08. The first kappa shape index (κ1) is 20.1. The van der Waals surface area contributed by atoms with Crippen LogP contribution < -0.4 is 0 Å². The lowest BCUT2D eigenvalue weighted by atomic mass is 9.90. The number of hydrogen-bond acceptors (Lipinski definition) is 3. The number of benzene rings is 1. The van der Waals surface area contributed by atoms with E-state index >= 15 is 0 Å². The van der Waals surface area contributed by atoms with Crippen molar-refractivity contribution < 1.29 is 9.59 Å². The van der Waals surface area contributed by atoms with Gasteiger partial charge in [-0.05, 0) is 66.7 Å². The zero-order valence-electron chi connectivity index (χ0n) is 17.4. The lowest BCUT2D eigenvalue weighted by Gasteiger charge is -2.38. The number of carbonyl (C=O) groups is 2. The molecule has 0 spiro atoms. The number of carbonyl (C=O) groups excluding carboxylic acids is 2. The number of rotatable bonds is 7. The van der Waals surface area contributed by atoms with Gasteiger partial charge in [-0.1, -0.05) is 31.2 Å². The van der Waals surface area contributed by atoms with Crippen molar-refractivity contribution in [1.29, 1.82) is 0 Å². The van der Waals surface area contributed by atoms with Crippen molar-refractivity contribution in [2.24, 2.45) is 5.92 Å². The molecular formula is C24H30N2O2S. The number of fused-ring (bicyclic) bond motifs is 1. The molecule has 0 saturated heterocycles. The molecule has 5 heteroatoms. The van der Waals surface area contributed by atoms with E-state index in [0.717, 1.165) is 19.4 Å². The van der Waals surface area contributed by atoms with E-state index in [1.54, 1.807) is 11.3 Å². The summed E-state index contributed by atoms with van der Waals surface area (Å²) in [7, 11) is 0. The molecule has 0 N–H and O–H groups in total. The second-order valence-corrected chi connectivity index (χ2v) is 9.36. The Labute approximate surface area is 177 Å². The number of thiophene rings is 1. The summed E-state index contributed by atoms with van der Waals surface area (Å²) in [6, 6.07) is 10.5. The first-order chi connectivity index (χ1) is 14.1. The first-order valence-corrected chi connectivity index (χ1v) is 11.7. The summed E-state index contributed by atoms with van der Waals surface area (Å²) in [5.41, 5.74) is 3.64. The van der Waals surface area contributed by atoms with Gasteiger partial charge in [-0.15, -0.1) is 11.3 Å². The predicted octanol–water partition coefficient (Wildman–Crippen LogP) is 4.57. The van der Waals surface area contributed by atoms with Crippen LogP contribution >= 0.6 is 11.3 Å². The minimum atomic E-state index is -0.0530. The fourth-order valence-corrected chi connectivity index (χ4v) is 5.21. The highest BCUT2D eigenvalue weighted by molar-refractivity contribution is 7.10. The quantitative estimate of drug-likeness (QED) is 0.671. The summed E-state index contributed by atoms with van der Waals surface area (Å²) in [5, 5.41) is 2.13. The number of aryl methyl sites for hydroxylation is 1. The van der Waals surface area contributed by atoms with E-state index in [1.807, 2.05) is 22.8 Å². The van der Waals surface area contributed by atoms with Gasteiger partial charge < -0.3 is 9.80 Å². The summed E-state index contributed by atoms with van der Waals surface area (Å²) in [5.74, 6) is 0.772. The van der Waals surface area contributed by atoms with Crippen LogP contribution in [0.3, 0.4) is 0 Å².